The summed E-state index contributed by atoms with van der Waals surface area (Å²) in [7, 11) is 0. The second-order valence-electron chi connectivity index (χ2n) is 5.62. The van der Waals surface area contributed by atoms with Crippen LogP contribution in [0.25, 0.3) is 0 Å². The molecular weight excluding hydrogens is 367 g/mol. The van der Waals surface area contributed by atoms with Gasteiger partial charge in [0.2, 0.25) is 0 Å². The minimum Gasteiger partial charge on any atom is -0.489 e. The monoisotopic (exact) mass is 384 g/mol. The number of hydrazine groups is 1. The molecule has 0 aliphatic rings. The SMILES string of the molecule is O=C(COc1ccc(F)cc1)NNC(=O)c1occc1COc1ccccc1. The highest BCUT2D eigenvalue weighted by Gasteiger charge is 2.16. The third-order valence-electron chi connectivity index (χ3n) is 3.59. The van der Waals surface area contributed by atoms with E-state index in [0.717, 1.165) is 0 Å². The van der Waals surface area contributed by atoms with Crippen LogP contribution in [0, 0.1) is 5.82 Å². The van der Waals surface area contributed by atoms with Crippen molar-refractivity contribution >= 4 is 11.8 Å². The lowest BCUT2D eigenvalue weighted by atomic mass is 10.2. The minimum atomic E-state index is -0.633. The predicted octanol–water partition coefficient (Wildman–Crippen LogP) is 2.84. The number of halogens is 1. The minimum absolute atomic E-state index is 0.0238. The zero-order valence-corrected chi connectivity index (χ0v) is 14.7. The average Bonchev–Trinajstić information content (AvgIpc) is 3.19. The number of hydrogen-bond donors (Lipinski definition) is 2. The van der Waals surface area contributed by atoms with Crippen molar-refractivity contribution in [3.05, 3.63) is 84.1 Å². The molecule has 0 saturated heterocycles. The van der Waals surface area contributed by atoms with Gasteiger partial charge in [0.25, 0.3) is 5.91 Å². The van der Waals surface area contributed by atoms with Gasteiger partial charge in [0.05, 0.1) is 6.26 Å². The number of rotatable bonds is 7. The van der Waals surface area contributed by atoms with Crippen molar-refractivity contribution in [1.82, 2.24) is 10.9 Å². The Kier molecular flexibility index (Phi) is 6.25. The van der Waals surface area contributed by atoms with Crippen molar-refractivity contribution in [3.63, 3.8) is 0 Å². The molecular formula is C20H17FN2O5. The van der Waals surface area contributed by atoms with E-state index in [1.165, 1.54) is 30.5 Å². The molecule has 0 bridgehead atoms. The van der Waals surface area contributed by atoms with Crippen molar-refractivity contribution in [1.29, 1.82) is 0 Å². The second-order valence-corrected chi connectivity index (χ2v) is 5.62. The molecule has 0 unspecified atom stereocenters. The zero-order chi connectivity index (χ0) is 19.8. The summed E-state index contributed by atoms with van der Waals surface area (Å²) in [5.41, 5.74) is 4.98. The lowest BCUT2D eigenvalue weighted by Gasteiger charge is -2.09. The highest BCUT2D eigenvalue weighted by atomic mass is 19.1. The molecule has 0 atom stereocenters. The topological polar surface area (TPSA) is 89.8 Å². The van der Waals surface area contributed by atoms with Crippen molar-refractivity contribution in [2.75, 3.05) is 6.61 Å². The second kappa shape index (κ2) is 9.22. The number of carbonyl (C=O) groups excluding carboxylic acids is 2. The Bertz CT molecular complexity index is 925. The van der Waals surface area contributed by atoms with E-state index in [-0.39, 0.29) is 19.0 Å². The van der Waals surface area contributed by atoms with Crippen LogP contribution in [0.5, 0.6) is 11.5 Å². The summed E-state index contributed by atoms with van der Waals surface area (Å²) in [5.74, 6) is -0.626. The molecule has 0 spiro atoms. The quantitative estimate of drug-likeness (QED) is 0.612. The number of furan rings is 1. The van der Waals surface area contributed by atoms with Crippen LogP contribution in [-0.4, -0.2) is 18.4 Å². The Labute approximate surface area is 160 Å². The highest BCUT2D eigenvalue weighted by Crippen LogP contribution is 2.15. The summed E-state index contributed by atoms with van der Waals surface area (Å²) in [4.78, 5) is 24.0. The number of hydrogen-bond acceptors (Lipinski definition) is 5. The van der Waals surface area contributed by atoms with Crippen LogP contribution in [0.3, 0.4) is 0 Å². The highest BCUT2D eigenvalue weighted by molar-refractivity contribution is 5.94. The van der Waals surface area contributed by atoms with Crippen LogP contribution in [0.2, 0.25) is 0 Å². The van der Waals surface area contributed by atoms with Crippen molar-refractivity contribution < 1.29 is 27.9 Å². The van der Waals surface area contributed by atoms with Crippen LogP contribution in [-0.2, 0) is 11.4 Å². The Morgan fingerprint density at radius 3 is 2.36 bits per heavy atom. The number of amides is 2. The first kappa shape index (κ1) is 19.0. The van der Waals surface area contributed by atoms with Gasteiger partial charge in [-0.3, -0.25) is 20.4 Å². The Morgan fingerprint density at radius 2 is 1.61 bits per heavy atom. The molecule has 3 rings (SSSR count). The first-order valence-electron chi connectivity index (χ1n) is 8.33. The van der Waals surface area contributed by atoms with Crippen molar-refractivity contribution in [2.24, 2.45) is 0 Å². The van der Waals surface area contributed by atoms with E-state index in [1.807, 2.05) is 18.2 Å². The van der Waals surface area contributed by atoms with Gasteiger partial charge in [0.1, 0.15) is 23.9 Å². The lowest BCUT2D eigenvalue weighted by Crippen LogP contribution is -2.44. The molecule has 0 radical (unpaired) electrons. The fraction of sp³-hybridized carbons (Fsp3) is 0.100. The first-order chi connectivity index (χ1) is 13.6. The molecule has 2 aromatic carbocycles. The fourth-order valence-electron chi connectivity index (χ4n) is 2.23. The van der Waals surface area contributed by atoms with Gasteiger partial charge in [-0.05, 0) is 42.5 Å². The first-order valence-corrected chi connectivity index (χ1v) is 8.33. The third kappa shape index (κ3) is 5.34. The van der Waals surface area contributed by atoms with E-state index in [1.54, 1.807) is 18.2 Å². The van der Waals surface area contributed by atoms with Crippen molar-refractivity contribution in [3.8, 4) is 11.5 Å². The molecule has 28 heavy (non-hydrogen) atoms. The standard InChI is InChI=1S/C20H17FN2O5/c21-15-6-8-17(9-7-15)28-13-18(24)22-23-20(25)19-14(10-11-26-19)12-27-16-4-2-1-3-5-16/h1-11H,12-13H2,(H,22,24)(H,23,25). The van der Waals surface area contributed by atoms with Gasteiger partial charge in [0, 0.05) is 5.56 Å². The molecule has 7 nitrogen and oxygen atoms in total. The average molecular weight is 384 g/mol. The van der Waals surface area contributed by atoms with E-state index in [0.29, 0.717) is 17.1 Å². The summed E-state index contributed by atoms with van der Waals surface area (Å²) >= 11 is 0. The molecule has 3 aromatic rings. The maximum atomic E-state index is 12.8. The molecule has 8 heteroatoms. The van der Waals surface area contributed by atoms with Crippen LogP contribution >= 0.6 is 0 Å². The van der Waals surface area contributed by atoms with E-state index in [9.17, 15) is 14.0 Å². The smallest absolute Gasteiger partial charge is 0.305 e. The van der Waals surface area contributed by atoms with E-state index in [2.05, 4.69) is 10.9 Å². The third-order valence-corrected chi connectivity index (χ3v) is 3.59. The predicted molar refractivity (Wildman–Crippen MR) is 97.0 cm³/mol. The normalized spacial score (nSPS) is 10.2. The van der Waals surface area contributed by atoms with E-state index >= 15 is 0 Å². The van der Waals surface area contributed by atoms with Crippen LogP contribution in [0.15, 0.2) is 71.3 Å². The molecule has 1 aromatic heterocycles. The van der Waals surface area contributed by atoms with Gasteiger partial charge in [-0.2, -0.15) is 0 Å². The van der Waals surface area contributed by atoms with Crippen molar-refractivity contribution in [2.45, 2.75) is 6.61 Å². The number of para-hydroxylation sites is 1. The molecule has 2 amide bonds. The molecule has 144 valence electrons. The van der Waals surface area contributed by atoms with Gasteiger partial charge in [-0.15, -0.1) is 0 Å². The van der Waals surface area contributed by atoms with Crippen LogP contribution < -0.4 is 20.3 Å². The van der Waals surface area contributed by atoms with Gasteiger partial charge in [-0.25, -0.2) is 4.39 Å². The summed E-state index contributed by atoms with van der Waals surface area (Å²) < 4.78 is 28.8. The largest absolute Gasteiger partial charge is 0.489 e. The summed E-state index contributed by atoms with van der Waals surface area (Å²) in [6, 6.07) is 15.9. The molecule has 1 heterocycles. The Balaban J connectivity index is 1.46. The van der Waals surface area contributed by atoms with Crippen LogP contribution in [0.1, 0.15) is 16.1 Å². The maximum absolute atomic E-state index is 12.8. The molecule has 2 N–H and O–H groups in total. The van der Waals surface area contributed by atoms with Gasteiger partial charge in [-0.1, -0.05) is 18.2 Å². The van der Waals surface area contributed by atoms with Gasteiger partial charge < -0.3 is 13.9 Å². The molecule has 0 aliphatic heterocycles. The number of carbonyl (C=O) groups is 2. The van der Waals surface area contributed by atoms with Gasteiger partial charge in [0.15, 0.2) is 12.4 Å². The number of ether oxygens (including phenoxy) is 2. The van der Waals surface area contributed by atoms with E-state index in [4.69, 9.17) is 13.9 Å². The molecule has 0 aliphatic carbocycles. The van der Waals surface area contributed by atoms with E-state index < -0.39 is 17.6 Å². The van der Waals surface area contributed by atoms with Gasteiger partial charge >= 0.3 is 5.91 Å². The maximum Gasteiger partial charge on any atom is 0.305 e. The molecule has 0 fully saturated rings. The fourth-order valence-corrected chi connectivity index (χ4v) is 2.23. The number of nitrogens with one attached hydrogen (secondary N) is 2. The Hall–Kier alpha value is -3.81. The Morgan fingerprint density at radius 1 is 0.893 bits per heavy atom. The number of benzene rings is 2. The zero-order valence-electron chi connectivity index (χ0n) is 14.7. The summed E-state index contributed by atoms with van der Waals surface area (Å²) in [5, 5.41) is 0. The summed E-state index contributed by atoms with van der Waals surface area (Å²) in [6.07, 6.45) is 1.36. The summed E-state index contributed by atoms with van der Waals surface area (Å²) in [6.45, 7) is -0.223. The van der Waals surface area contributed by atoms with Crippen LogP contribution in [0.4, 0.5) is 4.39 Å². The molecule has 0 saturated carbocycles. The lowest BCUT2D eigenvalue weighted by molar-refractivity contribution is -0.123.